The molecule has 7 nitrogen and oxygen atoms in total. The van der Waals surface area contributed by atoms with Crippen LogP contribution in [0.15, 0.2) is 29.3 Å². The van der Waals surface area contributed by atoms with Gasteiger partial charge in [0.05, 0.1) is 19.2 Å². The number of anilines is 1. The Hall–Kier alpha value is -2.48. The first kappa shape index (κ1) is 18.3. The first-order valence-electron chi connectivity index (χ1n) is 8.53. The van der Waals surface area contributed by atoms with Gasteiger partial charge in [-0.3, -0.25) is 14.6 Å². The number of esters is 2. The van der Waals surface area contributed by atoms with E-state index >= 15 is 0 Å². The van der Waals surface area contributed by atoms with Crippen LogP contribution < -0.4 is 5.32 Å². The lowest BCUT2D eigenvalue weighted by molar-refractivity contribution is -0.145. The zero-order valence-corrected chi connectivity index (χ0v) is 15.5. The zero-order chi connectivity index (χ0) is 18.7. The minimum absolute atomic E-state index is 0.0757. The standard InChI is InChI=1S/C18H21N3O4S/c1-3-24-16(23)9-19-17-15-8-12(25-11(2)22)10-21(15)18(26)13-6-4-5-7-14(13)20-17/h4-7,12,15H,3,8-10H2,1-2H3,(H,19,20)/t12-,15+/m1/s1. The van der Waals surface area contributed by atoms with Crippen molar-refractivity contribution in [2.75, 3.05) is 25.0 Å². The predicted octanol–water partition coefficient (Wildman–Crippen LogP) is 1.76. The SMILES string of the molecule is CCOC(=O)CN=C1Nc2ccccc2C(=S)N2C[C@H](OC(C)=O)C[C@@H]12. The van der Waals surface area contributed by atoms with Gasteiger partial charge in [-0.1, -0.05) is 24.4 Å². The molecular weight excluding hydrogens is 354 g/mol. The van der Waals surface area contributed by atoms with Crippen LogP contribution in [0.4, 0.5) is 5.69 Å². The fourth-order valence-corrected chi connectivity index (χ4v) is 3.64. The number of carbonyl (C=O) groups excluding carboxylic acids is 2. The maximum atomic E-state index is 11.7. The van der Waals surface area contributed by atoms with Gasteiger partial charge in [0.25, 0.3) is 0 Å². The van der Waals surface area contributed by atoms with E-state index in [1.165, 1.54) is 6.92 Å². The lowest BCUT2D eigenvalue weighted by atomic mass is 10.1. The summed E-state index contributed by atoms with van der Waals surface area (Å²) in [6, 6.07) is 7.51. The number of nitrogens with one attached hydrogen (secondary N) is 1. The fourth-order valence-electron chi connectivity index (χ4n) is 3.26. The van der Waals surface area contributed by atoms with E-state index in [-0.39, 0.29) is 30.6 Å². The Morgan fingerprint density at radius 3 is 2.88 bits per heavy atom. The van der Waals surface area contributed by atoms with Gasteiger partial charge in [0.15, 0.2) is 0 Å². The molecule has 0 amide bonds. The lowest BCUT2D eigenvalue weighted by Gasteiger charge is -2.24. The van der Waals surface area contributed by atoms with Crippen LogP contribution in [0.1, 0.15) is 25.8 Å². The van der Waals surface area contributed by atoms with Gasteiger partial charge in [0.1, 0.15) is 23.5 Å². The summed E-state index contributed by atoms with van der Waals surface area (Å²) < 4.78 is 10.3. The molecule has 8 heteroatoms. The quantitative estimate of drug-likeness (QED) is 0.634. The van der Waals surface area contributed by atoms with Crippen molar-refractivity contribution in [3.63, 3.8) is 0 Å². The summed E-state index contributed by atoms with van der Waals surface area (Å²) in [5, 5.41) is 3.31. The van der Waals surface area contributed by atoms with Gasteiger partial charge in [-0.05, 0) is 19.1 Å². The molecule has 2 aliphatic rings. The van der Waals surface area contributed by atoms with Gasteiger partial charge in [0.2, 0.25) is 0 Å². The summed E-state index contributed by atoms with van der Waals surface area (Å²) in [7, 11) is 0. The van der Waals surface area contributed by atoms with E-state index in [1.54, 1.807) is 6.92 Å². The minimum Gasteiger partial charge on any atom is -0.465 e. The number of nitrogens with zero attached hydrogens (tertiary/aromatic N) is 2. The van der Waals surface area contributed by atoms with E-state index in [0.29, 0.717) is 30.4 Å². The van der Waals surface area contributed by atoms with Crippen LogP contribution in [0.3, 0.4) is 0 Å². The van der Waals surface area contributed by atoms with Crippen molar-refractivity contribution < 1.29 is 19.1 Å². The zero-order valence-electron chi connectivity index (χ0n) is 14.7. The number of aliphatic imine (C=N–C) groups is 1. The van der Waals surface area contributed by atoms with Crippen LogP contribution in [0.25, 0.3) is 0 Å². The number of para-hydroxylation sites is 1. The van der Waals surface area contributed by atoms with Crippen molar-refractivity contribution in [1.29, 1.82) is 0 Å². The average Bonchev–Trinajstić information content (AvgIpc) is 2.97. The van der Waals surface area contributed by atoms with Crippen molar-refractivity contribution in [2.24, 2.45) is 4.99 Å². The molecule has 0 aromatic heterocycles. The number of amidine groups is 1. The fraction of sp³-hybridized carbons (Fsp3) is 0.444. The number of thiocarbonyl (C=S) groups is 1. The monoisotopic (exact) mass is 375 g/mol. The Labute approximate surface area is 157 Å². The van der Waals surface area contributed by atoms with Crippen molar-refractivity contribution in [3.8, 4) is 0 Å². The highest BCUT2D eigenvalue weighted by molar-refractivity contribution is 7.80. The molecule has 0 aliphatic carbocycles. The van der Waals surface area contributed by atoms with E-state index in [1.807, 2.05) is 29.2 Å². The molecule has 0 unspecified atom stereocenters. The number of hydrogen-bond acceptors (Lipinski definition) is 6. The van der Waals surface area contributed by atoms with Crippen LogP contribution in [0.2, 0.25) is 0 Å². The highest BCUT2D eigenvalue weighted by Crippen LogP contribution is 2.31. The molecule has 0 saturated carbocycles. The largest absolute Gasteiger partial charge is 0.465 e. The van der Waals surface area contributed by atoms with Crippen molar-refractivity contribution >= 4 is 40.7 Å². The molecule has 1 fully saturated rings. The number of benzene rings is 1. The average molecular weight is 375 g/mol. The first-order valence-corrected chi connectivity index (χ1v) is 8.94. The van der Waals surface area contributed by atoms with E-state index in [9.17, 15) is 9.59 Å². The lowest BCUT2D eigenvalue weighted by Crippen LogP contribution is -2.40. The van der Waals surface area contributed by atoms with Gasteiger partial charge in [-0.2, -0.15) is 0 Å². The number of carbonyl (C=O) groups is 2. The third-order valence-electron chi connectivity index (χ3n) is 4.28. The van der Waals surface area contributed by atoms with Crippen molar-refractivity contribution in [3.05, 3.63) is 29.8 Å². The molecule has 1 aromatic rings. The summed E-state index contributed by atoms with van der Waals surface area (Å²) in [6.45, 7) is 3.89. The molecule has 2 aliphatic heterocycles. The van der Waals surface area contributed by atoms with Crippen LogP contribution in [-0.2, 0) is 19.1 Å². The molecular formula is C18H21N3O4S. The normalized spacial score (nSPS) is 22.9. The van der Waals surface area contributed by atoms with Gasteiger partial charge in [0, 0.05) is 24.6 Å². The molecule has 0 spiro atoms. The van der Waals surface area contributed by atoms with Crippen molar-refractivity contribution in [1.82, 2.24) is 4.90 Å². The Morgan fingerprint density at radius 1 is 1.38 bits per heavy atom. The van der Waals surface area contributed by atoms with Gasteiger partial charge in [-0.15, -0.1) is 0 Å². The van der Waals surface area contributed by atoms with E-state index in [4.69, 9.17) is 21.7 Å². The third kappa shape index (κ3) is 3.85. The number of hydrogen-bond donors (Lipinski definition) is 1. The third-order valence-corrected chi connectivity index (χ3v) is 4.73. The van der Waals surface area contributed by atoms with E-state index in [0.717, 1.165) is 11.3 Å². The van der Waals surface area contributed by atoms with Gasteiger partial charge < -0.3 is 19.7 Å². The molecule has 0 radical (unpaired) electrons. The second kappa shape index (κ2) is 7.82. The second-order valence-corrected chi connectivity index (χ2v) is 6.50. The second-order valence-electron chi connectivity index (χ2n) is 6.12. The minimum atomic E-state index is -0.386. The topological polar surface area (TPSA) is 80.2 Å². The Morgan fingerprint density at radius 2 is 2.15 bits per heavy atom. The van der Waals surface area contributed by atoms with Crippen LogP contribution in [0, 0.1) is 0 Å². The first-order chi connectivity index (χ1) is 12.5. The maximum Gasteiger partial charge on any atom is 0.327 e. The number of ether oxygens (including phenoxy) is 2. The predicted molar refractivity (Wildman–Crippen MR) is 101 cm³/mol. The molecule has 1 aromatic carbocycles. The number of rotatable bonds is 4. The highest BCUT2D eigenvalue weighted by Gasteiger charge is 2.41. The van der Waals surface area contributed by atoms with Gasteiger partial charge >= 0.3 is 11.9 Å². The maximum absolute atomic E-state index is 11.7. The summed E-state index contributed by atoms with van der Waals surface area (Å²) >= 11 is 5.68. The molecule has 2 heterocycles. The smallest absolute Gasteiger partial charge is 0.327 e. The summed E-state index contributed by atoms with van der Waals surface area (Å²) in [5.41, 5.74) is 1.73. The molecule has 1 saturated heterocycles. The molecule has 2 atom stereocenters. The molecule has 138 valence electrons. The highest BCUT2D eigenvalue weighted by atomic mass is 32.1. The van der Waals surface area contributed by atoms with Crippen LogP contribution >= 0.6 is 12.2 Å². The van der Waals surface area contributed by atoms with Crippen LogP contribution in [-0.4, -0.2) is 59.5 Å². The molecule has 1 N–H and O–H groups in total. The molecule has 3 rings (SSSR count). The van der Waals surface area contributed by atoms with E-state index in [2.05, 4.69) is 10.3 Å². The molecule has 26 heavy (non-hydrogen) atoms. The summed E-state index contributed by atoms with van der Waals surface area (Å²) in [5.74, 6) is -0.0834. The Bertz CT molecular complexity index is 765. The van der Waals surface area contributed by atoms with E-state index < -0.39 is 0 Å². The summed E-state index contributed by atoms with van der Waals surface area (Å²) in [6.07, 6.45) is 0.290. The Balaban J connectivity index is 1.92. The molecule has 0 bridgehead atoms. The van der Waals surface area contributed by atoms with Crippen molar-refractivity contribution in [2.45, 2.75) is 32.4 Å². The summed E-state index contributed by atoms with van der Waals surface area (Å²) in [4.78, 5) is 30.2. The number of fused-ring (bicyclic) bond motifs is 2. The van der Waals surface area contributed by atoms with Gasteiger partial charge in [-0.25, -0.2) is 0 Å². The van der Waals surface area contributed by atoms with Crippen LogP contribution in [0.5, 0.6) is 0 Å². The Kier molecular flexibility index (Phi) is 5.51.